The number of amides is 2. The quantitative estimate of drug-likeness (QED) is 0.816. The minimum Gasteiger partial charge on any atom is -0.329 e. The second kappa shape index (κ2) is 6.19. The maximum absolute atomic E-state index is 12.1. The van der Waals surface area contributed by atoms with Gasteiger partial charge in [0, 0.05) is 11.3 Å². The Morgan fingerprint density at radius 1 is 0.952 bits per heavy atom. The Labute approximate surface area is 121 Å². The molecule has 0 spiro atoms. The number of anilines is 1. The van der Waals surface area contributed by atoms with Crippen LogP contribution in [0, 0.1) is 0 Å². The molecular formula is C14H12N2O4S. The van der Waals surface area contributed by atoms with Gasteiger partial charge in [-0.1, -0.05) is 18.2 Å². The van der Waals surface area contributed by atoms with E-state index in [1.54, 1.807) is 18.2 Å². The van der Waals surface area contributed by atoms with Crippen LogP contribution < -0.4 is 10.0 Å². The van der Waals surface area contributed by atoms with Crippen LogP contribution in [0.2, 0.25) is 0 Å². The molecule has 0 saturated heterocycles. The van der Waals surface area contributed by atoms with E-state index in [4.69, 9.17) is 0 Å². The van der Waals surface area contributed by atoms with Crippen molar-refractivity contribution in [3.8, 4) is 0 Å². The molecule has 108 valence electrons. The molecule has 0 bridgehead atoms. The van der Waals surface area contributed by atoms with Gasteiger partial charge in [0.25, 0.3) is 15.9 Å². The van der Waals surface area contributed by atoms with E-state index < -0.39 is 15.9 Å². The summed E-state index contributed by atoms with van der Waals surface area (Å²) in [7, 11) is -3.96. The Balaban J connectivity index is 2.18. The number of benzene rings is 2. The monoisotopic (exact) mass is 304 g/mol. The van der Waals surface area contributed by atoms with Crippen LogP contribution >= 0.6 is 0 Å². The maximum atomic E-state index is 12.1. The molecule has 0 unspecified atom stereocenters. The SMILES string of the molecule is O=CNc1ccc(S(=O)(=O)NC(=O)c2ccccc2)cc1. The third kappa shape index (κ3) is 3.67. The van der Waals surface area contributed by atoms with Crippen molar-refractivity contribution in [3.05, 3.63) is 60.2 Å². The minimum atomic E-state index is -3.96. The lowest BCUT2D eigenvalue weighted by Crippen LogP contribution is -2.30. The molecule has 2 aromatic rings. The number of hydrogen-bond acceptors (Lipinski definition) is 4. The lowest BCUT2D eigenvalue weighted by Gasteiger charge is -2.07. The molecule has 0 saturated carbocycles. The molecule has 0 aliphatic rings. The van der Waals surface area contributed by atoms with E-state index in [0.29, 0.717) is 12.1 Å². The summed E-state index contributed by atoms with van der Waals surface area (Å²) >= 11 is 0. The molecule has 0 fully saturated rings. The van der Waals surface area contributed by atoms with E-state index in [2.05, 4.69) is 5.32 Å². The van der Waals surface area contributed by atoms with E-state index in [9.17, 15) is 18.0 Å². The molecule has 2 N–H and O–H groups in total. The van der Waals surface area contributed by atoms with Gasteiger partial charge in [0.2, 0.25) is 6.41 Å². The van der Waals surface area contributed by atoms with Crippen molar-refractivity contribution in [2.75, 3.05) is 5.32 Å². The van der Waals surface area contributed by atoms with Crippen molar-refractivity contribution < 1.29 is 18.0 Å². The summed E-state index contributed by atoms with van der Waals surface area (Å²) in [4.78, 5) is 22.1. The molecule has 0 aromatic heterocycles. The number of carbonyl (C=O) groups excluding carboxylic acids is 2. The molecule has 2 aromatic carbocycles. The van der Waals surface area contributed by atoms with Crippen LogP contribution in [-0.4, -0.2) is 20.7 Å². The Hall–Kier alpha value is -2.67. The van der Waals surface area contributed by atoms with E-state index in [1.165, 1.54) is 36.4 Å². The van der Waals surface area contributed by atoms with Crippen LogP contribution in [-0.2, 0) is 14.8 Å². The summed E-state index contributed by atoms with van der Waals surface area (Å²) in [6.45, 7) is 0. The maximum Gasteiger partial charge on any atom is 0.264 e. The fraction of sp³-hybridized carbons (Fsp3) is 0. The summed E-state index contributed by atoms with van der Waals surface area (Å²) in [5, 5.41) is 2.39. The van der Waals surface area contributed by atoms with Gasteiger partial charge in [-0.15, -0.1) is 0 Å². The topological polar surface area (TPSA) is 92.3 Å². The number of rotatable bonds is 5. The molecule has 0 aliphatic heterocycles. The van der Waals surface area contributed by atoms with E-state index >= 15 is 0 Å². The van der Waals surface area contributed by atoms with E-state index in [1.807, 2.05) is 4.72 Å². The molecule has 21 heavy (non-hydrogen) atoms. The van der Waals surface area contributed by atoms with Gasteiger partial charge < -0.3 is 5.32 Å². The van der Waals surface area contributed by atoms with Crippen LogP contribution in [0.25, 0.3) is 0 Å². The molecule has 2 amide bonds. The zero-order valence-corrected chi connectivity index (χ0v) is 11.6. The lowest BCUT2D eigenvalue weighted by molar-refractivity contribution is -0.105. The van der Waals surface area contributed by atoms with Crippen LogP contribution in [0.3, 0.4) is 0 Å². The van der Waals surface area contributed by atoms with Gasteiger partial charge in [0.05, 0.1) is 4.90 Å². The normalized spacial score (nSPS) is 10.7. The highest BCUT2D eigenvalue weighted by atomic mass is 32.2. The van der Waals surface area contributed by atoms with Gasteiger partial charge in [-0.3, -0.25) is 9.59 Å². The second-order valence-electron chi connectivity index (χ2n) is 4.09. The first-order valence-corrected chi connectivity index (χ1v) is 7.44. The van der Waals surface area contributed by atoms with Crippen molar-refractivity contribution in [2.45, 2.75) is 4.90 Å². The van der Waals surface area contributed by atoms with Gasteiger partial charge >= 0.3 is 0 Å². The predicted octanol–water partition coefficient (Wildman–Crippen LogP) is 1.37. The standard InChI is InChI=1S/C14H12N2O4S/c17-10-15-12-6-8-13(9-7-12)21(19,20)16-14(18)11-4-2-1-3-5-11/h1-10H,(H,15,17)(H,16,18). The van der Waals surface area contributed by atoms with Crippen LogP contribution in [0.1, 0.15) is 10.4 Å². The number of sulfonamides is 1. The molecule has 2 rings (SSSR count). The van der Waals surface area contributed by atoms with Crippen molar-refractivity contribution in [1.29, 1.82) is 0 Å². The minimum absolute atomic E-state index is 0.0665. The number of hydrogen-bond donors (Lipinski definition) is 2. The molecule has 0 atom stereocenters. The zero-order valence-electron chi connectivity index (χ0n) is 10.8. The van der Waals surface area contributed by atoms with Gasteiger partial charge in [-0.2, -0.15) is 0 Å². The Kier molecular flexibility index (Phi) is 4.34. The number of carbonyl (C=O) groups is 2. The second-order valence-corrected chi connectivity index (χ2v) is 5.77. The third-order valence-corrected chi connectivity index (χ3v) is 4.00. The summed E-state index contributed by atoms with van der Waals surface area (Å²) in [5.74, 6) is -0.703. The van der Waals surface area contributed by atoms with Gasteiger partial charge in [-0.05, 0) is 36.4 Å². The molecular weight excluding hydrogens is 292 g/mol. The highest BCUT2D eigenvalue weighted by Crippen LogP contribution is 2.14. The van der Waals surface area contributed by atoms with Crippen LogP contribution in [0.4, 0.5) is 5.69 Å². The largest absolute Gasteiger partial charge is 0.329 e. The predicted molar refractivity (Wildman–Crippen MR) is 77.2 cm³/mol. The first-order chi connectivity index (χ1) is 10.0. The third-order valence-electron chi connectivity index (χ3n) is 2.65. The van der Waals surface area contributed by atoms with Crippen molar-refractivity contribution in [2.24, 2.45) is 0 Å². The van der Waals surface area contributed by atoms with Crippen molar-refractivity contribution in [3.63, 3.8) is 0 Å². The Morgan fingerprint density at radius 2 is 1.57 bits per heavy atom. The van der Waals surface area contributed by atoms with Crippen LogP contribution in [0.15, 0.2) is 59.5 Å². The number of nitrogens with one attached hydrogen (secondary N) is 2. The molecule has 7 heteroatoms. The smallest absolute Gasteiger partial charge is 0.264 e. The van der Waals surface area contributed by atoms with Gasteiger partial charge in [0.1, 0.15) is 0 Å². The molecule has 0 radical (unpaired) electrons. The summed E-state index contributed by atoms with van der Waals surface area (Å²) in [5.41, 5.74) is 0.707. The van der Waals surface area contributed by atoms with Crippen LogP contribution in [0.5, 0.6) is 0 Å². The van der Waals surface area contributed by atoms with Crippen molar-refractivity contribution in [1.82, 2.24) is 4.72 Å². The van der Waals surface area contributed by atoms with Gasteiger partial charge in [0.15, 0.2) is 0 Å². The van der Waals surface area contributed by atoms with E-state index in [-0.39, 0.29) is 10.5 Å². The van der Waals surface area contributed by atoms with E-state index in [0.717, 1.165) is 0 Å². The average Bonchev–Trinajstić information content (AvgIpc) is 2.48. The highest BCUT2D eigenvalue weighted by Gasteiger charge is 2.18. The molecule has 0 aliphatic carbocycles. The fourth-order valence-corrected chi connectivity index (χ4v) is 2.60. The Morgan fingerprint density at radius 3 is 2.14 bits per heavy atom. The summed E-state index contributed by atoms with van der Waals surface area (Å²) in [6.07, 6.45) is 0.487. The first-order valence-electron chi connectivity index (χ1n) is 5.95. The Bertz CT molecular complexity index is 740. The van der Waals surface area contributed by atoms with Gasteiger partial charge in [-0.25, -0.2) is 13.1 Å². The van der Waals surface area contributed by atoms with Crippen molar-refractivity contribution >= 4 is 28.0 Å². The fourth-order valence-electron chi connectivity index (χ4n) is 1.63. The highest BCUT2D eigenvalue weighted by molar-refractivity contribution is 7.90. The summed E-state index contributed by atoms with van der Waals surface area (Å²) in [6, 6.07) is 13.5. The lowest BCUT2D eigenvalue weighted by atomic mass is 10.2. The summed E-state index contributed by atoms with van der Waals surface area (Å²) < 4.78 is 26.1. The average molecular weight is 304 g/mol. The molecule has 0 heterocycles. The zero-order chi connectivity index (χ0) is 15.3. The first kappa shape index (κ1) is 14.7. The molecule has 6 nitrogen and oxygen atoms in total.